The van der Waals surface area contributed by atoms with Crippen LogP contribution in [0.4, 0.5) is 0 Å². The summed E-state index contributed by atoms with van der Waals surface area (Å²) in [5.41, 5.74) is 0. The van der Waals surface area contributed by atoms with Gasteiger partial charge in [0.25, 0.3) is 0 Å². The molecule has 0 fully saturated rings. The lowest BCUT2D eigenvalue weighted by Gasteiger charge is -2.03. The smallest absolute Gasteiger partial charge is 0.113 e. The molecule has 0 amide bonds. The fourth-order valence-corrected chi connectivity index (χ4v) is 5.53. The molecule has 0 saturated heterocycles. The van der Waals surface area contributed by atoms with E-state index in [-0.39, 0.29) is 0 Å². The van der Waals surface area contributed by atoms with E-state index in [2.05, 4.69) is 21.5 Å². The molecule has 0 aromatic heterocycles. The van der Waals surface area contributed by atoms with Crippen molar-refractivity contribution >= 4 is 64.3 Å². The predicted molar refractivity (Wildman–Crippen MR) is 76.3 cm³/mol. The molecule has 0 saturated carbocycles. The molecule has 2 aliphatic rings. The molecule has 14 heavy (non-hydrogen) atoms. The Morgan fingerprint density at radius 3 is 2.57 bits per heavy atom. The van der Waals surface area contributed by atoms with Gasteiger partial charge in [-0.15, -0.1) is 0 Å². The van der Waals surface area contributed by atoms with E-state index in [1.165, 1.54) is 8.47 Å². The van der Waals surface area contributed by atoms with Crippen molar-refractivity contribution in [1.29, 1.82) is 0 Å². The van der Waals surface area contributed by atoms with Gasteiger partial charge in [-0.25, -0.2) is 0 Å². The minimum absolute atomic E-state index is 0.832. The maximum atomic E-state index is 5.18. The number of rotatable bonds is 1. The molecule has 0 radical (unpaired) electrons. The van der Waals surface area contributed by atoms with Crippen LogP contribution in [-0.4, -0.2) is 12.0 Å². The molecule has 0 aromatic carbocycles. The lowest BCUT2D eigenvalue weighted by Crippen LogP contribution is -2.15. The average Bonchev–Trinajstić information content (AvgIpc) is 2.86. The van der Waals surface area contributed by atoms with E-state index in [0.29, 0.717) is 0 Å². The van der Waals surface area contributed by atoms with Crippen molar-refractivity contribution in [3.05, 3.63) is 29.6 Å². The van der Waals surface area contributed by atoms with E-state index in [0.717, 1.165) is 9.89 Å². The SMILES string of the molecule is CNC(=S)C1=CSC(=C2SC=CS2)S1. The van der Waals surface area contributed by atoms with E-state index in [4.69, 9.17) is 12.2 Å². The summed E-state index contributed by atoms with van der Waals surface area (Å²) in [6.45, 7) is 0. The van der Waals surface area contributed by atoms with Gasteiger partial charge in [0.05, 0.1) is 13.4 Å². The van der Waals surface area contributed by atoms with Crippen molar-refractivity contribution in [2.75, 3.05) is 7.05 Å². The van der Waals surface area contributed by atoms with Crippen LogP contribution in [0.15, 0.2) is 29.6 Å². The summed E-state index contributed by atoms with van der Waals surface area (Å²) in [4.78, 5) is 1.99. The lowest BCUT2D eigenvalue weighted by molar-refractivity contribution is 1.21. The van der Waals surface area contributed by atoms with E-state index in [1.54, 1.807) is 47.0 Å². The highest BCUT2D eigenvalue weighted by atomic mass is 32.2. The molecule has 0 aliphatic carbocycles. The van der Waals surface area contributed by atoms with Gasteiger partial charge in [-0.2, -0.15) is 0 Å². The van der Waals surface area contributed by atoms with Crippen LogP contribution in [0.2, 0.25) is 0 Å². The summed E-state index contributed by atoms with van der Waals surface area (Å²) in [6.07, 6.45) is 0. The first-order valence-electron chi connectivity index (χ1n) is 3.80. The first kappa shape index (κ1) is 11.0. The van der Waals surface area contributed by atoms with E-state index in [1.807, 2.05) is 7.05 Å². The largest absolute Gasteiger partial charge is 0.378 e. The summed E-state index contributed by atoms with van der Waals surface area (Å²) < 4.78 is 2.71. The Morgan fingerprint density at radius 1 is 1.21 bits per heavy atom. The van der Waals surface area contributed by atoms with Crippen molar-refractivity contribution in [2.45, 2.75) is 0 Å². The van der Waals surface area contributed by atoms with E-state index in [9.17, 15) is 0 Å². The molecular formula is C8H7NS5. The molecule has 0 bridgehead atoms. The van der Waals surface area contributed by atoms with Gasteiger partial charge in [0.1, 0.15) is 4.99 Å². The Morgan fingerprint density at radius 2 is 1.93 bits per heavy atom. The third kappa shape index (κ3) is 2.36. The molecule has 6 heteroatoms. The zero-order valence-electron chi connectivity index (χ0n) is 7.27. The maximum Gasteiger partial charge on any atom is 0.113 e. The predicted octanol–water partition coefficient (Wildman–Crippen LogP) is 3.93. The second-order valence-electron chi connectivity index (χ2n) is 2.36. The maximum absolute atomic E-state index is 5.18. The zero-order chi connectivity index (χ0) is 9.97. The summed E-state index contributed by atoms with van der Waals surface area (Å²) in [5, 5.41) is 9.34. The van der Waals surface area contributed by atoms with Crippen molar-refractivity contribution < 1.29 is 0 Å². The topological polar surface area (TPSA) is 12.0 Å². The summed E-state index contributed by atoms with van der Waals surface area (Å²) in [5.74, 6) is 0. The number of likely N-dealkylation sites (N-methyl/N-ethyl adjacent to an activating group) is 1. The molecule has 74 valence electrons. The van der Waals surface area contributed by atoms with Crippen LogP contribution < -0.4 is 5.32 Å². The molecule has 1 nitrogen and oxygen atoms in total. The minimum atomic E-state index is 0.832. The molecular weight excluding hydrogens is 270 g/mol. The first-order valence-corrected chi connectivity index (χ1v) is 7.67. The van der Waals surface area contributed by atoms with Gasteiger partial charge in [0.15, 0.2) is 0 Å². The molecule has 1 N–H and O–H groups in total. The number of hydrogen-bond donors (Lipinski definition) is 1. The van der Waals surface area contributed by atoms with Gasteiger partial charge in [0, 0.05) is 7.05 Å². The van der Waals surface area contributed by atoms with Crippen LogP contribution in [0.1, 0.15) is 0 Å². The Kier molecular flexibility index (Phi) is 3.95. The van der Waals surface area contributed by atoms with Crippen LogP contribution in [0.3, 0.4) is 0 Å². The quantitative estimate of drug-likeness (QED) is 0.724. The fourth-order valence-electron chi connectivity index (χ4n) is 0.871. The molecule has 0 unspecified atom stereocenters. The highest BCUT2D eigenvalue weighted by Crippen LogP contribution is 2.53. The minimum Gasteiger partial charge on any atom is -0.378 e. The van der Waals surface area contributed by atoms with Gasteiger partial charge < -0.3 is 5.32 Å². The van der Waals surface area contributed by atoms with Gasteiger partial charge in [-0.3, -0.25) is 0 Å². The Labute approximate surface area is 106 Å². The number of thioether (sulfide) groups is 4. The third-order valence-corrected chi connectivity index (χ3v) is 7.09. The molecule has 2 heterocycles. The Hall–Kier alpha value is 0.510. The zero-order valence-corrected chi connectivity index (χ0v) is 11.4. The van der Waals surface area contributed by atoms with Crippen LogP contribution in [-0.2, 0) is 0 Å². The molecule has 0 spiro atoms. The van der Waals surface area contributed by atoms with E-state index < -0.39 is 0 Å². The molecule has 0 atom stereocenters. The normalized spacial score (nSPS) is 20.2. The van der Waals surface area contributed by atoms with Gasteiger partial charge in [-0.05, 0) is 16.2 Å². The van der Waals surface area contributed by atoms with Crippen molar-refractivity contribution in [3.8, 4) is 0 Å². The lowest BCUT2D eigenvalue weighted by atomic mass is 10.6. The summed E-state index contributed by atoms with van der Waals surface area (Å²) in [7, 11) is 1.86. The standard InChI is InChI=1S/C8H7NS5/c1-9-6(10)5-4-13-8(14-5)7-11-2-3-12-7/h2-4H,1H3,(H,9,10). The van der Waals surface area contributed by atoms with Crippen molar-refractivity contribution in [3.63, 3.8) is 0 Å². The highest BCUT2D eigenvalue weighted by molar-refractivity contribution is 8.33. The molecule has 2 aliphatic heterocycles. The summed E-state index contributed by atoms with van der Waals surface area (Å²) in [6, 6.07) is 0. The fraction of sp³-hybridized carbons (Fsp3) is 0.125. The van der Waals surface area contributed by atoms with Crippen molar-refractivity contribution in [1.82, 2.24) is 5.32 Å². The van der Waals surface area contributed by atoms with Gasteiger partial charge in [-0.1, -0.05) is 59.3 Å². The van der Waals surface area contributed by atoms with Gasteiger partial charge >= 0.3 is 0 Å². The van der Waals surface area contributed by atoms with Crippen LogP contribution in [0, 0.1) is 0 Å². The molecule has 0 aromatic rings. The van der Waals surface area contributed by atoms with Gasteiger partial charge in [0.2, 0.25) is 0 Å². The Balaban J connectivity index is 2.05. The number of hydrogen-bond acceptors (Lipinski definition) is 5. The van der Waals surface area contributed by atoms with Crippen LogP contribution >= 0.6 is 59.3 Å². The number of nitrogens with one attached hydrogen (secondary N) is 1. The second kappa shape index (κ2) is 5.03. The van der Waals surface area contributed by atoms with E-state index >= 15 is 0 Å². The van der Waals surface area contributed by atoms with Crippen LogP contribution in [0.5, 0.6) is 0 Å². The first-order chi connectivity index (χ1) is 6.81. The average molecular weight is 277 g/mol. The summed E-state index contributed by atoms with van der Waals surface area (Å²) >= 11 is 12.3. The monoisotopic (exact) mass is 277 g/mol. The molecule has 2 rings (SSSR count). The highest BCUT2D eigenvalue weighted by Gasteiger charge is 2.20. The second-order valence-corrected chi connectivity index (χ2v) is 7.05. The van der Waals surface area contributed by atoms with Crippen molar-refractivity contribution in [2.24, 2.45) is 0 Å². The number of thiocarbonyl (C=S) groups is 1. The Bertz CT molecular complexity index is 345. The third-order valence-electron chi connectivity index (χ3n) is 1.50. The van der Waals surface area contributed by atoms with Crippen LogP contribution in [0.25, 0.3) is 0 Å².